The van der Waals surface area contributed by atoms with E-state index in [0.29, 0.717) is 24.4 Å². The van der Waals surface area contributed by atoms with Crippen LogP contribution in [-0.2, 0) is 14.3 Å². The number of aryl methyl sites for hydroxylation is 2. The number of piperidine rings is 1. The molecular weight excluding hydrogens is 348 g/mol. The molecule has 0 bridgehead atoms. The third-order valence-corrected chi connectivity index (χ3v) is 4.97. The first-order valence-electron chi connectivity index (χ1n) is 9.01. The number of fused-ring (bicyclic) bond motifs is 1. The van der Waals surface area contributed by atoms with Crippen LogP contribution in [0.2, 0.25) is 0 Å². The third kappa shape index (κ3) is 4.19. The molecule has 0 radical (unpaired) electrons. The predicted octanol–water partition coefficient (Wildman–Crippen LogP) is 2.23. The summed E-state index contributed by atoms with van der Waals surface area (Å²) in [7, 11) is 1.48. The van der Waals surface area contributed by atoms with E-state index in [0.717, 1.165) is 29.4 Å². The lowest BCUT2D eigenvalue weighted by Gasteiger charge is -2.32. The fourth-order valence-electron chi connectivity index (χ4n) is 3.47. The molecule has 2 heterocycles. The Kier molecular flexibility index (Phi) is 5.60. The van der Waals surface area contributed by atoms with Gasteiger partial charge in [-0.1, -0.05) is 0 Å². The lowest BCUT2D eigenvalue weighted by Crippen LogP contribution is -2.45. The van der Waals surface area contributed by atoms with Gasteiger partial charge in [0.1, 0.15) is 12.2 Å². The van der Waals surface area contributed by atoms with E-state index in [-0.39, 0.29) is 30.0 Å². The predicted molar refractivity (Wildman–Crippen MR) is 102 cm³/mol. The average Bonchev–Trinajstić information content (AvgIpc) is 2.63. The van der Waals surface area contributed by atoms with E-state index in [1.54, 1.807) is 11.0 Å². The van der Waals surface area contributed by atoms with E-state index < -0.39 is 0 Å². The molecule has 2 amide bonds. The van der Waals surface area contributed by atoms with E-state index in [4.69, 9.17) is 9.15 Å². The van der Waals surface area contributed by atoms with E-state index >= 15 is 0 Å². The number of hydrogen-bond donors (Lipinski definition) is 1. The number of nitrogens with zero attached hydrogens (tertiary/aromatic N) is 1. The van der Waals surface area contributed by atoms with Crippen LogP contribution < -0.4 is 10.9 Å². The van der Waals surface area contributed by atoms with Gasteiger partial charge >= 0.3 is 5.63 Å². The minimum atomic E-state index is -0.390. The largest absolute Gasteiger partial charge is 0.423 e. The molecule has 1 N–H and O–H groups in total. The van der Waals surface area contributed by atoms with Crippen molar-refractivity contribution < 1.29 is 18.7 Å². The van der Waals surface area contributed by atoms with E-state index in [2.05, 4.69) is 5.32 Å². The van der Waals surface area contributed by atoms with Crippen LogP contribution in [0.25, 0.3) is 11.0 Å². The highest BCUT2D eigenvalue weighted by atomic mass is 16.5. The Bertz CT molecular complexity index is 934. The molecule has 1 atom stereocenters. The minimum Gasteiger partial charge on any atom is -0.423 e. The highest BCUT2D eigenvalue weighted by Gasteiger charge is 2.28. The van der Waals surface area contributed by atoms with Gasteiger partial charge in [-0.05, 0) is 49.9 Å². The molecule has 2 aromatic rings. The van der Waals surface area contributed by atoms with Crippen molar-refractivity contribution >= 4 is 28.5 Å². The van der Waals surface area contributed by atoms with Crippen LogP contribution in [-0.4, -0.2) is 43.5 Å². The van der Waals surface area contributed by atoms with Gasteiger partial charge in [-0.3, -0.25) is 9.59 Å². The molecule has 7 heteroatoms. The zero-order chi connectivity index (χ0) is 19.6. The van der Waals surface area contributed by atoms with Crippen molar-refractivity contribution in [1.82, 2.24) is 4.90 Å². The molecule has 144 valence electrons. The number of methoxy groups -OCH3 is 1. The summed E-state index contributed by atoms with van der Waals surface area (Å²) in [4.78, 5) is 38.0. The van der Waals surface area contributed by atoms with Crippen LogP contribution in [0.4, 0.5) is 5.69 Å². The Labute approximate surface area is 157 Å². The molecule has 1 aromatic carbocycles. The monoisotopic (exact) mass is 372 g/mol. The zero-order valence-corrected chi connectivity index (χ0v) is 15.8. The van der Waals surface area contributed by atoms with Crippen molar-refractivity contribution in [3.05, 3.63) is 39.7 Å². The van der Waals surface area contributed by atoms with Gasteiger partial charge in [-0.25, -0.2) is 4.79 Å². The molecule has 0 aliphatic carbocycles. The minimum absolute atomic E-state index is 0.0304. The van der Waals surface area contributed by atoms with E-state index in [1.165, 1.54) is 13.2 Å². The zero-order valence-electron chi connectivity index (χ0n) is 15.8. The summed E-state index contributed by atoms with van der Waals surface area (Å²) in [6.45, 7) is 4.77. The SMILES string of the molecule is COCC(=O)N1CCCC(C(=O)Nc2cc3c(C)cc(=O)oc3cc2C)C1. The van der Waals surface area contributed by atoms with Crippen LogP contribution in [0.15, 0.2) is 27.4 Å². The van der Waals surface area contributed by atoms with E-state index in [9.17, 15) is 14.4 Å². The molecule has 0 spiro atoms. The second-order valence-electron chi connectivity index (χ2n) is 7.01. The summed E-state index contributed by atoms with van der Waals surface area (Å²) < 4.78 is 10.1. The molecule has 1 aliphatic heterocycles. The van der Waals surface area contributed by atoms with Crippen LogP contribution in [0.3, 0.4) is 0 Å². The first-order valence-corrected chi connectivity index (χ1v) is 9.01. The number of carbonyl (C=O) groups excluding carboxylic acids is 2. The van der Waals surface area contributed by atoms with Crippen molar-refractivity contribution in [3.8, 4) is 0 Å². The molecular formula is C20H24N2O5. The first-order chi connectivity index (χ1) is 12.9. The topological polar surface area (TPSA) is 88.9 Å². The van der Waals surface area contributed by atoms with Gasteiger partial charge < -0.3 is 19.4 Å². The lowest BCUT2D eigenvalue weighted by atomic mass is 9.96. The smallest absolute Gasteiger partial charge is 0.336 e. The number of carbonyl (C=O) groups is 2. The third-order valence-electron chi connectivity index (χ3n) is 4.97. The van der Waals surface area contributed by atoms with Gasteiger partial charge in [0.25, 0.3) is 0 Å². The number of ether oxygens (including phenoxy) is 1. The van der Waals surface area contributed by atoms with Gasteiger partial charge in [0.05, 0.1) is 5.92 Å². The van der Waals surface area contributed by atoms with Gasteiger partial charge in [-0.15, -0.1) is 0 Å². The Balaban J connectivity index is 1.78. The van der Waals surface area contributed by atoms with Crippen molar-refractivity contribution in [2.24, 2.45) is 5.92 Å². The maximum absolute atomic E-state index is 12.8. The highest BCUT2D eigenvalue weighted by molar-refractivity contribution is 5.96. The van der Waals surface area contributed by atoms with Crippen molar-refractivity contribution in [2.75, 3.05) is 32.1 Å². The molecule has 1 aliphatic rings. The molecule has 27 heavy (non-hydrogen) atoms. The molecule has 1 aromatic heterocycles. The van der Waals surface area contributed by atoms with Gasteiger partial charge in [-0.2, -0.15) is 0 Å². The normalized spacial score (nSPS) is 17.1. The molecule has 3 rings (SSSR count). The van der Waals surface area contributed by atoms with Gasteiger partial charge in [0.15, 0.2) is 0 Å². The summed E-state index contributed by atoms with van der Waals surface area (Å²) in [5.41, 5.74) is 2.41. The Morgan fingerprint density at radius 1 is 1.26 bits per heavy atom. The number of amides is 2. The summed E-state index contributed by atoms with van der Waals surface area (Å²) in [5, 5.41) is 3.77. The molecule has 1 unspecified atom stereocenters. The van der Waals surface area contributed by atoms with Crippen molar-refractivity contribution in [3.63, 3.8) is 0 Å². The van der Waals surface area contributed by atoms with Crippen molar-refractivity contribution in [2.45, 2.75) is 26.7 Å². The Hall–Kier alpha value is -2.67. The molecule has 7 nitrogen and oxygen atoms in total. The molecule has 1 fully saturated rings. The van der Waals surface area contributed by atoms with Gasteiger partial charge in [0.2, 0.25) is 11.8 Å². The fraction of sp³-hybridized carbons (Fsp3) is 0.450. The number of rotatable bonds is 4. The van der Waals surface area contributed by atoms with Crippen LogP contribution in [0, 0.1) is 19.8 Å². The summed E-state index contributed by atoms with van der Waals surface area (Å²) in [5.74, 6) is -0.464. The second-order valence-corrected chi connectivity index (χ2v) is 7.01. The maximum atomic E-state index is 12.8. The molecule has 0 saturated carbocycles. The van der Waals surface area contributed by atoms with Crippen LogP contribution in [0.5, 0.6) is 0 Å². The average molecular weight is 372 g/mol. The highest BCUT2D eigenvalue weighted by Crippen LogP contribution is 2.26. The van der Waals surface area contributed by atoms with Crippen LogP contribution in [0.1, 0.15) is 24.0 Å². The number of anilines is 1. The molecule has 1 saturated heterocycles. The summed E-state index contributed by atoms with van der Waals surface area (Å²) >= 11 is 0. The number of nitrogens with one attached hydrogen (secondary N) is 1. The fourth-order valence-corrected chi connectivity index (χ4v) is 3.47. The second kappa shape index (κ2) is 7.92. The summed E-state index contributed by atoms with van der Waals surface area (Å²) in [6.07, 6.45) is 1.53. The number of likely N-dealkylation sites (tertiary alicyclic amines) is 1. The quantitative estimate of drug-likeness (QED) is 0.832. The Morgan fingerprint density at radius 3 is 2.78 bits per heavy atom. The lowest BCUT2D eigenvalue weighted by molar-refractivity contribution is -0.138. The number of hydrogen-bond acceptors (Lipinski definition) is 5. The van der Waals surface area contributed by atoms with Crippen LogP contribution >= 0.6 is 0 Å². The summed E-state index contributed by atoms with van der Waals surface area (Å²) in [6, 6.07) is 5.02. The number of benzene rings is 1. The maximum Gasteiger partial charge on any atom is 0.336 e. The Morgan fingerprint density at radius 2 is 2.04 bits per heavy atom. The first kappa shape index (κ1) is 19.1. The van der Waals surface area contributed by atoms with E-state index in [1.807, 2.05) is 19.9 Å². The van der Waals surface area contributed by atoms with Crippen molar-refractivity contribution in [1.29, 1.82) is 0 Å². The standard InChI is InChI=1S/C20H24N2O5/c1-12-8-19(24)27-17-7-13(2)16(9-15(12)17)21-20(25)14-5-4-6-22(10-14)18(23)11-26-3/h7-9,14H,4-6,10-11H2,1-3H3,(H,21,25). The van der Waals surface area contributed by atoms with Gasteiger partial charge in [0, 0.05) is 37.3 Å².